The molecule has 0 aromatic carbocycles. The molecule has 1 fully saturated rings. The van der Waals surface area contributed by atoms with Crippen molar-refractivity contribution in [3.8, 4) is 0 Å². The normalized spacial score (nSPS) is 20.5. The zero-order chi connectivity index (χ0) is 11.1. The van der Waals surface area contributed by atoms with Crippen LogP contribution in [0.25, 0.3) is 0 Å². The molecule has 0 unspecified atom stereocenters. The van der Waals surface area contributed by atoms with Crippen molar-refractivity contribution in [1.82, 2.24) is 0 Å². The van der Waals surface area contributed by atoms with Crippen LogP contribution >= 0.6 is 0 Å². The van der Waals surface area contributed by atoms with Gasteiger partial charge in [-0.2, -0.15) is 0 Å². The molecule has 0 saturated heterocycles. The topological polar surface area (TPSA) is 17.1 Å². The van der Waals surface area contributed by atoms with Gasteiger partial charge in [-0.15, -0.1) is 0 Å². The molecule has 1 aliphatic rings. The predicted molar refractivity (Wildman–Crippen MR) is 65.0 cm³/mol. The molecule has 0 bridgehead atoms. The Morgan fingerprint density at radius 1 is 1.07 bits per heavy atom. The third-order valence-electron chi connectivity index (χ3n) is 3.92. The first kappa shape index (κ1) is 12.7. The molecule has 0 aromatic heterocycles. The maximum absolute atomic E-state index is 12.1. The second-order valence-electron chi connectivity index (χ2n) is 5.12. The Labute approximate surface area is 94.6 Å². The number of ketones is 1. The highest BCUT2D eigenvalue weighted by Crippen LogP contribution is 2.41. The van der Waals surface area contributed by atoms with Crippen LogP contribution in [-0.2, 0) is 4.79 Å². The van der Waals surface area contributed by atoms with Gasteiger partial charge in [0.2, 0.25) is 0 Å². The van der Waals surface area contributed by atoms with Crippen molar-refractivity contribution in [2.45, 2.75) is 78.1 Å². The highest BCUT2D eigenvalue weighted by Gasteiger charge is 2.37. The summed E-state index contributed by atoms with van der Waals surface area (Å²) in [7, 11) is 0. The molecule has 1 rings (SSSR count). The van der Waals surface area contributed by atoms with Crippen LogP contribution < -0.4 is 0 Å². The summed E-state index contributed by atoms with van der Waals surface area (Å²) >= 11 is 0. The van der Waals surface area contributed by atoms with Crippen LogP contribution in [0.4, 0.5) is 0 Å². The first-order valence-electron chi connectivity index (χ1n) is 6.78. The van der Waals surface area contributed by atoms with Gasteiger partial charge in [0, 0.05) is 11.8 Å². The summed E-state index contributed by atoms with van der Waals surface area (Å²) in [6.07, 6.45) is 11.7. The van der Waals surface area contributed by atoms with Gasteiger partial charge in [-0.25, -0.2) is 0 Å². The minimum absolute atomic E-state index is 0.101. The van der Waals surface area contributed by atoms with Gasteiger partial charge in [0.05, 0.1) is 0 Å². The molecule has 1 nitrogen and oxygen atoms in total. The van der Waals surface area contributed by atoms with Gasteiger partial charge in [0.1, 0.15) is 5.78 Å². The summed E-state index contributed by atoms with van der Waals surface area (Å²) in [5.41, 5.74) is 0.101. The van der Waals surface area contributed by atoms with Crippen LogP contribution in [0.15, 0.2) is 0 Å². The van der Waals surface area contributed by atoms with Gasteiger partial charge in [-0.05, 0) is 25.7 Å². The van der Waals surface area contributed by atoms with E-state index in [-0.39, 0.29) is 5.41 Å². The second kappa shape index (κ2) is 6.30. The highest BCUT2D eigenvalue weighted by molar-refractivity contribution is 5.85. The Morgan fingerprint density at radius 2 is 1.67 bits per heavy atom. The molecular formula is C14H26O. The highest BCUT2D eigenvalue weighted by atomic mass is 16.1. The molecular weight excluding hydrogens is 184 g/mol. The Balaban J connectivity index is 2.59. The van der Waals surface area contributed by atoms with Crippen LogP contribution in [0.5, 0.6) is 0 Å². The summed E-state index contributed by atoms with van der Waals surface area (Å²) in [6.45, 7) is 4.45. The lowest BCUT2D eigenvalue weighted by Crippen LogP contribution is -2.34. The lowest BCUT2D eigenvalue weighted by atomic mass is 9.67. The molecule has 0 N–H and O–H groups in total. The number of carbonyl (C=O) groups excluding carboxylic acids is 1. The van der Waals surface area contributed by atoms with Gasteiger partial charge >= 0.3 is 0 Å². The molecule has 1 aliphatic carbocycles. The fourth-order valence-electron chi connectivity index (χ4n) is 2.84. The molecule has 15 heavy (non-hydrogen) atoms. The number of Topliss-reactive ketones (excluding diaryl/α,β-unsaturated/α-hetero) is 1. The number of hydrogen-bond acceptors (Lipinski definition) is 1. The fraction of sp³-hybridized carbons (Fsp3) is 0.929. The van der Waals surface area contributed by atoms with E-state index < -0.39 is 0 Å². The van der Waals surface area contributed by atoms with Crippen molar-refractivity contribution in [2.24, 2.45) is 5.41 Å². The smallest absolute Gasteiger partial charge is 0.139 e. The SMILES string of the molecule is CCCCC1(CCCC)CCCCC1=O. The van der Waals surface area contributed by atoms with Crippen LogP contribution in [-0.4, -0.2) is 5.78 Å². The molecule has 0 atom stereocenters. The molecule has 0 aromatic rings. The van der Waals surface area contributed by atoms with Crippen molar-refractivity contribution in [3.05, 3.63) is 0 Å². The van der Waals surface area contributed by atoms with Crippen LogP contribution in [0.1, 0.15) is 78.1 Å². The Kier molecular flexibility index (Phi) is 5.35. The first-order chi connectivity index (χ1) is 7.25. The minimum atomic E-state index is 0.101. The van der Waals surface area contributed by atoms with Crippen molar-refractivity contribution >= 4 is 5.78 Å². The van der Waals surface area contributed by atoms with E-state index in [2.05, 4.69) is 13.8 Å². The standard InChI is InChI=1S/C14H26O/c1-3-5-10-14(11-6-4-2)12-8-7-9-13(14)15/h3-12H2,1-2H3. The van der Waals surface area contributed by atoms with E-state index >= 15 is 0 Å². The maximum Gasteiger partial charge on any atom is 0.139 e. The molecule has 0 heterocycles. The maximum atomic E-state index is 12.1. The summed E-state index contributed by atoms with van der Waals surface area (Å²) < 4.78 is 0. The third-order valence-corrected chi connectivity index (χ3v) is 3.92. The Morgan fingerprint density at radius 3 is 2.13 bits per heavy atom. The fourth-order valence-corrected chi connectivity index (χ4v) is 2.84. The van der Waals surface area contributed by atoms with Gasteiger partial charge in [-0.3, -0.25) is 4.79 Å². The van der Waals surface area contributed by atoms with Gasteiger partial charge in [0.25, 0.3) is 0 Å². The van der Waals surface area contributed by atoms with E-state index in [0.29, 0.717) is 5.78 Å². The van der Waals surface area contributed by atoms with Crippen LogP contribution in [0, 0.1) is 5.41 Å². The number of unbranched alkanes of at least 4 members (excludes halogenated alkanes) is 2. The molecule has 0 spiro atoms. The van der Waals surface area contributed by atoms with Gasteiger partial charge < -0.3 is 0 Å². The molecule has 88 valence electrons. The van der Waals surface area contributed by atoms with Crippen LogP contribution in [0.2, 0.25) is 0 Å². The van der Waals surface area contributed by atoms with Crippen LogP contribution in [0.3, 0.4) is 0 Å². The van der Waals surface area contributed by atoms with E-state index in [1.807, 2.05) is 0 Å². The second-order valence-corrected chi connectivity index (χ2v) is 5.12. The lowest BCUT2D eigenvalue weighted by Gasteiger charge is -2.36. The van der Waals surface area contributed by atoms with Gasteiger partial charge in [-0.1, -0.05) is 46.0 Å². The molecule has 0 amide bonds. The average Bonchev–Trinajstić information content (AvgIpc) is 2.27. The van der Waals surface area contributed by atoms with Crippen molar-refractivity contribution in [2.75, 3.05) is 0 Å². The number of carbonyl (C=O) groups is 1. The van der Waals surface area contributed by atoms with Crippen molar-refractivity contribution in [1.29, 1.82) is 0 Å². The number of rotatable bonds is 6. The van der Waals surface area contributed by atoms with E-state index in [4.69, 9.17) is 0 Å². The van der Waals surface area contributed by atoms with Gasteiger partial charge in [0.15, 0.2) is 0 Å². The first-order valence-corrected chi connectivity index (χ1v) is 6.78. The van der Waals surface area contributed by atoms with Crippen molar-refractivity contribution in [3.63, 3.8) is 0 Å². The van der Waals surface area contributed by atoms with Crippen molar-refractivity contribution < 1.29 is 4.79 Å². The quantitative estimate of drug-likeness (QED) is 0.631. The molecule has 0 radical (unpaired) electrons. The summed E-state index contributed by atoms with van der Waals surface area (Å²) in [4.78, 5) is 12.1. The Bertz CT molecular complexity index is 188. The zero-order valence-electron chi connectivity index (χ0n) is 10.5. The van der Waals surface area contributed by atoms with E-state index in [9.17, 15) is 4.79 Å². The monoisotopic (exact) mass is 210 g/mol. The minimum Gasteiger partial charge on any atom is -0.299 e. The lowest BCUT2D eigenvalue weighted by molar-refractivity contribution is -0.132. The molecule has 0 aliphatic heterocycles. The average molecular weight is 210 g/mol. The number of hydrogen-bond donors (Lipinski definition) is 0. The largest absolute Gasteiger partial charge is 0.299 e. The third kappa shape index (κ3) is 3.32. The predicted octanol–water partition coefficient (Wildman–Crippen LogP) is 4.50. The molecule has 1 saturated carbocycles. The summed E-state index contributed by atoms with van der Waals surface area (Å²) in [5.74, 6) is 0.579. The molecule has 1 heteroatoms. The zero-order valence-corrected chi connectivity index (χ0v) is 10.5. The summed E-state index contributed by atoms with van der Waals surface area (Å²) in [6, 6.07) is 0. The summed E-state index contributed by atoms with van der Waals surface area (Å²) in [5, 5.41) is 0. The van der Waals surface area contributed by atoms with E-state index in [1.165, 1.54) is 38.5 Å². The Hall–Kier alpha value is -0.330. The van der Waals surface area contributed by atoms with E-state index in [1.54, 1.807) is 0 Å². The van der Waals surface area contributed by atoms with E-state index in [0.717, 1.165) is 25.7 Å².